The molecular weight excluding hydrogens is 439 g/mol. The number of ketones is 1. The number of anilines is 1. The summed E-state index contributed by atoms with van der Waals surface area (Å²) in [4.78, 5) is 27.0. The van der Waals surface area contributed by atoms with Crippen LogP contribution in [0.5, 0.6) is 11.5 Å². The first kappa shape index (κ1) is 20.6. The van der Waals surface area contributed by atoms with E-state index in [1.807, 2.05) is 0 Å². The van der Waals surface area contributed by atoms with Crippen molar-refractivity contribution in [2.24, 2.45) is 0 Å². The molecule has 3 aromatic carbocycles. The molecule has 0 bridgehead atoms. The van der Waals surface area contributed by atoms with Gasteiger partial charge in [-0.15, -0.1) is 0 Å². The predicted octanol–water partition coefficient (Wildman–Crippen LogP) is 4.46. The first-order chi connectivity index (χ1) is 15.8. The van der Waals surface area contributed by atoms with Gasteiger partial charge in [0.25, 0.3) is 11.7 Å². The summed E-state index contributed by atoms with van der Waals surface area (Å²) in [6.45, 7) is -0.00432. The van der Waals surface area contributed by atoms with Gasteiger partial charge < -0.3 is 14.6 Å². The molecule has 1 fully saturated rings. The average Bonchev–Trinajstić information content (AvgIpc) is 3.38. The lowest BCUT2D eigenvalue weighted by molar-refractivity contribution is -0.132. The highest BCUT2D eigenvalue weighted by atomic mass is 19.2. The minimum Gasteiger partial charge on any atom is -0.507 e. The van der Waals surface area contributed by atoms with E-state index in [4.69, 9.17) is 9.47 Å². The zero-order valence-corrected chi connectivity index (χ0v) is 16.7. The van der Waals surface area contributed by atoms with Crippen LogP contribution in [0.25, 0.3) is 5.76 Å². The number of nitrogens with zero attached hydrogens (tertiary/aromatic N) is 1. The molecule has 5 rings (SSSR count). The highest BCUT2D eigenvalue weighted by Gasteiger charge is 2.47. The first-order valence-electron chi connectivity index (χ1n) is 9.76. The Morgan fingerprint density at radius 3 is 2.33 bits per heavy atom. The maximum atomic E-state index is 14.0. The summed E-state index contributed by atoms with van der Waals surface area (Å²) in [6.07, 6.45) is 0. The Labute approximate surface area is 185 Å². The highest BCUT2D eigenvalue weighted by Crippen LogP contribution is 2.43. The van der Waals surface area contributed by atoms with Crippen LogP contribution in [0.2, 0.25) is 0 Å². The van der Waals surface area contributed by atoms with E-state index in [-0.39, 0.29) is 29.2 Å². The lowest BCUT2D eigenvalue weighted by Gasteiger charge is -2.25. The molecule has 0 radical (unpaired) electrons. The first-order valence-corrected chi connectivity index (χ1v) is 9.76. The number of carbonyl (C=O) groups is 2. The van der Waals surface area contributed by atoms with Crippen molar-refractivity contribution in [3.05, 3.63) is 94.8 Å². The van der Waals surface area contributed by atoms with Crippen molar-refractivity contribution in [1.82, 2.24) is 0 Å². The van der Waals surface area contributed by atoms with Gasteiger partial charge in [-0.1, -0.05) is 12.1 Å². The lowest BCUT2D eigenvalue weighted by Crippen LogP contribution is -2.29. The molecule has 33 heavy (non-hydrogen) atoms. The quantitative estimate of drug-likeness (QED) is 0.360. The molecule has 2 aliphatic rings. The number of fused-ring (bicyclic) bond motifs is 1. The van der Waals surface area contributed by atoms with E-state index < -0.39 is 40.9 Å². The lowest BCUT2D eigenvalue weighted by atomic mass is 9.95. The second kappa shape index (κ2) is 7.70. The molecule has 0 aliphatic carbocycles. The molecule has 1 amide bonds. The number of benzene rings is 3. The van der Waals surface area contributed by atoms with Crippen LogP contribution >= 0.6 is 0 Å². The number of hydrogen-bond acceptors (Lipinski definition) is 5. The second-order valence-electron chi connectivity index (χ2n) is 7.39. The van der Waals surface area contributed by atoms with Gasteiger partial charge in [0.1, 0.15) is 11.6 Å². The van der Waals surface area contributed by atoms with Gasteiger partial charge in [-0.3, -0.25) is 14.5 Å². The monoisotopic (exact) mass is 453 g/mol. The van der Waals surface area contributed by atoms with Crippen molar-refractivity contribution in [2.75, 3.05) is 11.7 Å². The molecular formula is C24H14F3NO5. The number of amides is 1. The summed E-state index contributed by atoms with van der Waals surface area (Å²) in [5, 5.41) is 11.1. The molecule has 0 spiro atoms. The zero-order chi connectivity index (χ0) is 23.3. The zero-order valence-electron chi connectivity index (χ0n) is 16.7. The van der Waals surface area contributed by atoms with Crippen molar-refractivity contribution in [1.29, 1.82) is 0 Å². The Balaban J connectivity index is 1.71. The van der Waals surface area contributed by atoms with Crippen LogP contribution in [-0.2, 0) is 9.59 Å². The SMILES string of the molecule is O=C1C(=O)N(c2ccc(F)c(F)c2)C(c2ccc(F)cc2)/C1=C(/O)c1ccc2c(c1)OCO2. The van der Waals surface area contributed by atoms with E-state index in [1.165, 1.54) is 30.3 Å². The number of halogens is 3. The van der Waals surface area contributed by atoms with Crippen LogP contribution in [0.15, 0.2) is 66.2 Å². The van der Waals surface area contributed by atoms with Crippen LogP contribution in [0, 0.1) is 17.5 Å². The van der Waals surface area contributed by atoms with E-state index >= 15 is 0 Å². The highest BCUT2D eigenvalue weighted by molar-refractivity contribution is 6.51. The van der Waals surface area contributed by atoms with Crippen LogP contribution in [0.3, 0.4) is 0 Å². The fourth-order valence-electron chi connectivity index (χ4n) is 3.89. The molecule has 2 heterocycles. The van der Waals surface area contributed by atoms with Gasteiger partial charge in [0, 0.05) is 17.3 Å². The molecule has 2 aliphatic heterocycles. The number of carbonyl (C=O) groups excluding carboxylic acids is 2. The van der Waals surface area contributed by atoms with Gasteiger partial charge in [-0.2, -0.15) is 0 Å². The van der Waals surface area contributed by atoms with E-state index in [9.17, 15) is 27.9 Å². The molecule has 1 N–H and O–H groups in total. The fourth-order valence-corrected chi connectivity index (χ4v) is 3.89. The molecule has 0 saturated carbocycles. The number of Topliss-reactive ketones (excluding diaryl/α,β-unsaturated/α-hetero) is 1. The number of ether oxygens (including phenoxy) is 2. The molecule has 9 heteroatoms. The number of aliphatic hydroxyl groups is 1. The molecule has 6 nitrogen and oxygen atoms in total. The van der Waals surface area contributed by atoms with Crippen molar-refractivity contribution >= 4 is 23.1 Å². The molecule has 1 saturated heterocycles. The third kappa shape index (κ3) is 3.38. The topological polar surface area (TPSA) is 76.1 Å². The van der Waals surface area contributed by atoms with Crippen molar-refractivity contribution < 1.29 is 37.3 Å². The Bertz CT molecular complexity index is 1340. The summed E-state index contributed by atoms with van der Waals surface area (Å²) < 4.78 is 51.6. The summed E-state index contributed by atoms with van der Waals surface area (Å²) in [6, 6.07) is 10.9. The van der Waals surface area contributed by atoms with Crippen LogP contribution < -0.4 is 14.4 Å². The number of hydrogen-bond donors (Lipinski definition) is 1. The minimum atomic E-state index is -1.22. The average molecular weight is 453 g/mol. The van der Waals surface area contributed by atoms with Crippen molar-refractivity contribution in [3.63, 3.8) is 0 Å². The Kier molecular flexibility index (Phi) is 4.81. The summed E-state index contributed by atoms with van der Waals surface area (Å²) in [5.74, 6) is -4.72. The Hall–Kier alpha value is -4.27. The van der Waals surface area contributed by atoms with Gasteiger partial charge in [-0.25, -0.2) is 13.2 Å². The number of rotatable bonds is 3. The van der Waals surface area contributed by atoms with Crippen molar-refractivity contribution in [2.45, 2.75) is 6.04 Å². The van der Waals surface area contributed by atoms with Gasteiger partial charge >= 0.3 is 0 Å². The van der Waals surface area contributed by atoms with Crippen LogP contribution in [0.4, 0.5) is 18.9 Å². The predicted molar refractivity (Wildman–Crippen MR) is 110 cm³/mol. The largest absolute Gasteiger partial charge is 0.507 e. The minimum absolute atomic E-state index is 0.00432. The van der Waals surface area contributed by atoms with E-state index in [0.29, 0.717) is 11.5 Å². The van der Waals surface area contributed by atoms with Crippen molar-refractivity contribution in [3.8, 4) is 11.5 Å². The van der Waals surface area contributed by atoms with E-state index in [2.05, 4.69) is 0 Å². The standard InChI is InChI=1S/C24H14F3NO5/c25-14-4-1-12(2-5-14)21-20(22(29)13-3-8-18-19(9-13)33-11-32-18)23(30)24(31)28(21)15-6-7-16(26)17(27)10-15/h1-10,21,29H,11H2/b22-20-. The summed E-state index contributed by atoms with van der Waals surface area (Å²) >= 11 is 0. The second-order valence-corrected chi connectivity index (χ2v) is 7.39. The third-order valence-corrected chi connectivity index (χ3v) is 5.46. The Morgan fingerprint density at radius 1 is 0.879 bits per heavy atom. The molecule has 3 aromatic rings. The summed E-state index contributed by atoms with van der Waals surface area (Å²) in [5.41, 5.74) is 0.0579. The van der Waals surface area contributed by atoms with E-state index in [0.717, 1.165) is 35.2 Å². The van der Waals surface area contributed by atoms with Gasteiger partial charge in [-0.05, 0) is 48.0 Å². The fraction of sp³-hybridized carbons (Fsp3) is 0.0833. The van der Waals surface area contributed by atoms with Gasteiger partial charge in [0.2, 0.25) is 6.79 Å². The molecule has 1 atom stereocenters. The Morgan fingerprint density at radius 2 is 1.61 bits per heavy atom. The molecule has 1 unspecified atom stereocenters. The smallest absolute Gasteiger partial charge is 0.300 e. The maximum absolute atomic E-state index is 14.0. The normalized spacial score (nSPS) is 18.8. The van der Waals surface area contributed by atoms with Gasteiger partial charge in [0.05, 0.1) is 11.6 Å². The third-order valence-electron chi connectivity index (χ3n) is 5.46. The van der Waals surface area contributed by atoms with Gasteiger partial charge in [0.15, 0.2) is 23.1 Å². The maximum Gasteiger partial charge on any atom is 0.300 e. The number of aliphatic hydroxyl groups excluding tert-OH is 1. The van der Waals surface area contributed by atoms with Crippen LogP contribution in [-0.4, -0.2) is 23.6 Å². The molecule has 166 valence electrons. The summed E-state index contributed by atoms with van der Waals surface area (Å²) in [7, 11) is 0. The van der Waals surface area contributed by atoms with E-state index in [1.54, 1.807) is 0 Å². The molecule has 0 aromatic heterocycles. The van der Waals surface area contributed by atoms with Crippen LogP contribution in [0.1, 0.15) is 17.2 Å².